The van der Waals surface area contributed by atoms with E-state index in [9.17, 15) is 19.2 Å². The predicted molar refractivity (Wildman–Crippen MR) is 102 cm³/mol. The highest BCUT2D eigenvalue weighted by atomic mass is 16.2. The number of fused-ring (bicyclic) bond motifs is 1. The molecular formula is C20H24N4O4. The molecule has 3 N–H and O–H groups in total. The van der Waals surface area contributed by atoms with Gasteiger partial charge in [0.1, 0.15) is 6.04 Å². The standard InChI is InChI=1S/C20H24N4O4/c1-21-11-3-2-4-12(9-11)22-13-5-6-14-15(10-13)20(28)24(19(14)27)16-7-8-17(25)23-18(16)26/h5-6,10-12,16,21-22H,2-4,7-9H2,1H3,(H,23,25,26). The molecule has 3 aliphatic rings. The number of carbonyl (C=O) groups is 4. The Labute approximate surface area is 163 Å². The number of benzene rings is 1. The highest BCUT2D eigenvalue weighted by Crippen LogP contribution is 2.30. The second kappa shape index (κ2) is 7.35. The van der Waals surface area contributed by atoms with E-state index in [2.05, 4.69) is 16.0 Å². The summed E-state index contributed by atoms with van der Waals surface area (Å²) in [4.78, 5) is 50.1. The van der Waals surface area contributed by atoms with Crippen molar-refractivity contribution in [3.63, 3.8) is 0 Å². The molecule has 28 heavy (non-hydrogen) atoms. The number of hydrogen-bond donors (Lipinski definition) is 3. The van der Waals surface area contributed by atoms with Gasteiger partial charge in [-0.2, -0.15) is 0 Å². The minimum Gasteiger partial charge on any atom is -0.382 e. The minimum absolute atomic E-state index is 0.116. The number of carbonyl (C=O) groups excluding carboxylic acids is 4. The summed E-state index contributed by atoms with van der Waals surface area (Å²) in [6.45, 7) is 0. The molecule has 0 bridgehead atoms. The molecule has 3 atom stereocenters. The Kier molecular flexibility index (Phi) is 4.89. The molecule has 0 spiro atoms. The third-order valence-electron chi connectivity index (χ3n) is 5.89. The van der Waals surface area contributed by atoms with Gasteiger partial charge in [-0.1, -0.05) is 0 Å². The highest BCUT2D eigenvalue weighted by molar-refractivity contribution is 6.23. The summed E-state index contributed by atoms with van der Waals surface area (Å²) in [5.41, 5.74) is 1.41. The van der Waals surface area contributed by atoms with Gasteiger partial charge in [0.25, 0.3) is 11.8 Å². The molecule has 148 valence electrons. The van der Waals surface area contributed by atoms with Crippen LogP contribution < -0.4 is 16.0 Å². The van der Waals surface area contributed by atoms with Gasteiger partial charge < -0.3 is 10.6 Å². The van der Waals surface area contributed by atoms with E-state index >= 15 is 0 Å². The molecule has 2 aliphatic heterocycles. The van der Waals surface area contributed by atoms with Crippen LogP contribution in [0.5, 0.6) is 0 Å². The summed E-state index contributed by atoms with van der Waals surface area (Å²) in [7, 11) is 1.97. The van der Waals surface area contributed by atoms with Gasteiger partial charge in [-0.3, -0.25) is 29.4 Å². The monoisotopic (exact) mass is 384 g/mol. The molecule has 1 saturated heterocycles. The lowest BCUT2D eigenvalue weighted by atomic mass is 9.91. The van der Waals surface area contributed by atoms with Crippen molar-refractivity contribution >= 4 is 29.3 Å². The molecule has 1 aromatic rings. The number of amides is 4. The Bertz CT molecular complexity index is 853. The molecular weight excluding hydrogens is 360 g/mol. The first-order valence-electron chi connectivity index (χ1n) is 9.77. The first-order chi connectivity index (χ1) is 13.5. The van der Waals surface area contributed by atoms with Crippen LogP contribution in [0.15, 0.2) is 18.2 Å². The van der Waals surface area contributed by atoms with Crippen molar-refractivity contribution in [1.82, 2.24) is 15.5 Å². The zero-order chi connectivity index (χ0) is 19.8. The summed E-state index contributed by atoms with van der Waals surface area (Å²) >= 11 is 0. The lowest BCUT2D eigenvalue weighted by Crippen LogP contribution is -2.54. The molecule has 8 nitrogen and oxygen atoms in total. The van der Waals surface area contributed by atoms with E-state index in [-0.39, 0.29) is 18.7 Å². The van der Waals surface area contributed by atoms with Gasteiger partial charge in [0.2, 0.25) is 11.8 Å². The first-order valence-corrected chi connectivity index (χ1v) is 9.77. The van der Waals surface area contributed by atoms with Gasteiger partial charge in [0.05, 0.1) is 11.1 Å². The lowest BCUT2D eigenvalue weighted by molar-refractivity contribution is -0.136. The zero-order valence-corrected chi connectivity index (χ0v) is 15.8. The average molecular weight is 384 g/mol. The Morgan fingerprint density at radius 1 is 1.00 bits per heavy atom. The van der Waals surface area contributed by atoms with Crippen LogP contribution in [0, 0.1) is 0 Å². The summed E-state index contributed by atoms with van der Waals surface area (Å²) in [6.07, 6.45) is 4.63. The van der Waals surface area contributed by atoms with Crippen molar-refractivity contribution in [3.05, 3.63) is 29.3 Å². The smallest absolute Gasteiger partial charge is 0.262 e. The second-order valence-electron chi connectivity index (χ2n) is 7.70. The molecule has 4 rings (SSSR count). The maximum absolute atomic E-state index is 12.9. The van der Waals surface area contributed by atoms with E-state index in [0.29, 0.717) is 23.2 Å². The highest BCUT2D eigenvalue weighted by Gasteiger charge is 2.44. The van der Waals surface area contributed by atoms with Crippen molar-refractivity contribution in [1.29, 1.82) is 0 Å². The fraction of sp³-hybridized carbons (Fsp3) is 0.500. The quantitative estimate of drug-likeness (QED) is 0.670. The Balaban J connectivity index is 1.52. The second-order valence-corrected chi connectivity index (χ2v) is 7.70. The van der Waals surface area contributed by atoms with Crippen LogP contribution in [0.2, 0.25) is 0 Å². The summed E-state index contributed by atoms with van der Waals surface area (Å²) < 4.78 is 0. The molecule has 3 unspecified atom stereocenters. The summed E-state index contributed by atoms with van der Waals surface area (Å²) in [5, 5.41) is 9.00. The van der Waals surface area contributed by atoms with E-state index in [4.69, 9.17) is 0 Å². The van der Waals surface area contributed by atoms with Crippen molar-refractivity contribution in [3.8, 4) is 0 Å². The molecule has 4 amide bonds. The van der Waals surface area contributed by atoms with Crippen molar-refractivity contribution in [2.24, 2.45) is 0 Å². The SMILES string of the molecule is CNC1CCCC(Nc2ccc3c(c2)C(=O)N(C2CCC(=O)NC2=O)C3=O)C1. The molecule has 2 heterocycles. The molecule has 2 fully saturated rings. The fourth-order valence-electron chi connectivity index (χ4n) is 4.38. The van der Waals surface area contributed by atoms with Crippen molar-refractivity contribution in [2.75, 3.05) is 12.4 Å². The van der Waals surface area contributed by atoms with E-state index in [0.717, 1.165) is 36.3 Å². The van der Waals surface area contributed by atoms with Crippen LogP contribution >= 0.6 is 0 Å². The predicted octanol–water partition coefficient (Wildman–Crippen LogP) is 1.03. The van der Waals surface area contributed by atoms with Crippen molar-refractivity contribution < 1.29 is 19.2 Å². The fourth-order valence-corrected chi connectivity index (χ4v) is 4.38. The van der Waals surface area contributed by atoms with Gasteiger partial charge >= 0.3 is 0 Å². The van der Waals surface area contributed by atoms with Crippen LogP contribution in [0.3, 0.4) is 0 Å². The molecule has 8 heteroatoms. The van der Waals surface area contributed by atoms with Crippen LogP contribution in [-0.2, 0) is 9.59 Å². The number of nitrogens with zero attached hydrogens (tertiary/aromatic N) is 1. The van der Waals surface area contributed by atoms with Crippen LogP contribution in [0.4, 0.5) is 5.69 Å². The lowest BCUT2D eigenvalue weighted by Gasteiger charge is -2.30. The van der Waals surface area contributed by atoms with Crippen LogP contribution in [0.25, 0.3) is 0 Å². The number of hydrogen-bond acceptors (Lipinski definition) is 6. The number of nitrogens with one attached hydrogen (secondary N) is 3. The number of anilines is 1. The van der Waals surface area contributed by atoms with Gasteiger partial charge in [0, 0.05) is 24.2 Å². The van der Waals surface area contributed by atoms with E-state index in [1.165, 1.54) is 0 Å². The summed E-state index contributed by atoms with van der Waals surface area (Å²) in [5.74, 6) is -1.93. The van der Waals surface area contributed by atoms with Gasteiger partial charge in [-0.25, -0.2) is 0 Å². The third-order valence-corrected chi connectivity index (χ3v) is 5.89. The van der Waals surface area contributed by atoms with Crippen LogP contribution in [-0.4, -0.2) is 53.7 Å². The topological polar surface area (TPSA) is 108 Å². The van der Waals surface area contributed by atoms with E-state index in [1.807, 2.05) is 7.05 Å². The summed E-state index contributed by atoms with van der Waals surface area (Å²) in [6, 6.07) is 5.00. The molecule has 1 aromatic carbocycles. The van der Waals surface area contributed by atoms with Gasteiger partial charge in [0.15, 0.2) is 0 Å². The third kappa shape index (κ3) is 3.28. The minimum atomic E-state index is -0.934. The molecule has 0 radical (unpaired) electrons. The molecule has 1 aliphatic carbocycles. The number of rotatable bonds is 4. The maximum Gasteiger partial charge on any atom is 0.262 e. The Hall–Kier alpha value is -2.74. The number of piperidine rings is 1. The molecule has 0 aromatic heterocycles. The largest absolute Gasteiger partial charge is 0.382 e. The van der Waals surface area contributed by atoms with Gasteiger partial charge in [-0.05, 0) is 57.4 Å². The Morgan fingerprint density at radius 3 is 2.50 bits per heavy atom. The zero-order valence-electron chi connectivity index (χ0n) is 15.8. The van der Waals surface area contributed by atoms with E-state index < -0.39 is 23.8 Å². The van der Waals surface area contributed by atoms with E-state index in [1.54, 1.807) is 18.2 Å². The molecule has 1 saturated carbocycles. The number of imide groups is 2. The first kappa shape index (κ1) is 18.6. The van der Waals surface area contributed by atoms with Gasteiger partial charge in [-0.15, -0.1) is 0 Å². The van der Waals surface area contributed by atoms with Crippen molar-refractivity contribution in [2.45, 2.75) is 56.7 Å². The normalized spacial score (nSPS) is 27.6. The average Bonchev–Trinajstić information content (AvgIpc) is 2.93. The Morgan fingerprint density at radius 2 is 1.75 bits per heavy atom. The maximum atomic E-state index is 12.9. The van der Waals surface area contributed by atoms with Crippen LogP contribution in [0.1, 0.15) is 59.2 Å².